The smallest absolute Gasteiger partial charge is 0.257 e. The van der Waals surface area contributed by atoms with Crippen LogP contribution in [0.3, 0.4) is 0 Å². The number of halogens is 1. The third-order valence-electron chi connectivity index (χ3n) is 5.87. The Kier molecular flexibility index (Phi) is 5.37. The molecule has 1 N–H and O–H groups in total. The zero-order valence-corrected chi connectivity index (χ0v) is 16.2. The van der Waals surface area contributed by atoms with Crippen LogP contribution < -0.4 is 10.1 Å². The Balaban J connectivity index is 1.42. The van der Waals surface area contributed by atoms with Crippen molar-refractivity contribution in [1.29, 1.82) is 0 Å². The first-order valence-electron chi connectivity index (χ1n) is 9.62. The molecule has 4 nitrogen and oxygen atoms in total. The van der Waals surface area contributed by atoms with Crippen molar-refractivity contribution in [2.45, 2.75) is 25.9 Å². The van der Waals surface area contributed by atoms with E-state index in [9.17, 15) is 4.79 Å². The maximum absolute atomic E-state index is 13.1. The number of nitrogens with one attached hydrogen (secondary N) is 1. The summed E-state index contributed by atoms with van der Waals surface area (Å²) in [4.78, 5) is 15.1. The van der Waals surface area contributed by atoms with Gasteiger partial charge >= 0.3 is 0 Å². The predicted molar refractivity (Wildman–Crippen MR) is 107 cm³/mol. The number of rotatable bonds is 4. The molecule has 0 aromatic heterocycles. The number of nitrogens with zero attached hydrogens (tertiary/aromatic N) is 1. The molecule has 2 aromatic carbocycles. The molecule has 2 aliphatic rings. The SMILES string of the molecule is O=C(c1ccccc1OCc1ccc(Cl)cc1)N1CCC2(CCNC2)CC1. The van der Waals surface area contributed by atoms with Gasteiger partial charge in [0.25, 0.3) is 5.91 Å². The first kappa shape index (κ1) is 18.3. The number of para-hydroxylation sites is 1. The van der Waals surface area contributed by atoms with Gasteiger partial charge in [0.1, 0.15) is 12.4 Å². The second-order valence-corrected chi connectivity index (χ2v) is 8.07. The summed E-state index contributed by atoms with van der Waals surface area (Å²) in [6, 6.07) is 15.1. The Morgan fingerprint density at radius 1 is 1.07 bits per heavy atom. The fourth-order valence-corrected chi connectivity index (χ4v) is 4.21. The summed E-state index contributed by atoms with van der Waals surface area (Å²) in [6.45, 7) is 4.26. The van der Waals surface area contributed by atoms with Crippen molar-refractivity contribution in [1.82, 2.24) is 10.2 Å². The molecule has 2 aromatic rings. The van der Waals surface area contributed by atoms with Crippen LogP contribution in [0.2, 0.25) is 5.02 Å². The van der Waals surface area contributed by atoms with E-state index in [4.69, 9.17) is 16.3 Å². The van der Waals surface area contributed by atoms with Gasteiger partial charge in [-0.15, -0.1) is 0 Å². The van der Waals surface area contributed by atoms with Gasteiger partial charge in [-0.05, 0) is 61.1 Å². The minimum absolute atomic E-state index is 0.0718. The lowest BCUT2D eigenvalue weighted by Crippen LogP contribution is -2.44. The number of hydrogen-bond donors (Lipinski definition) is 1. The molecular formula is C22H25ClN2O2. The molecule has 0 atom stereocenters. The second-order valence-electron chi connectivity index (χ2n) is 7.63. The molecule has 27 heavy (non-hydrogen) atoms. The highest BCUT2D eigenvalue weighted by Crippen LogP contribution is 2.37. The second kappa shape index (κ2) is 7.91. The van der Waals surface area contributed by atoms with Gasteiger partial charge in [0.2, 0.25) is 0 Å². The van der Waals surface area contributed by atoms with E-state index < -0.39 is 0 Å². The summed E-state index contributed by atoms with van der Waals surface area (Å²) in [7, 11) is 0. The lowest BCUT2D eigenvalue weighted by molar-refractivity contribution is 0.0603. The van der Waals surface area contributed by atoms with Crippen molar-refractivity contribution < 1.29 is 9.53 Å². The maximum atomic E-state index is 13.1. The fraction of sp³-hybridized carbons (Fsp3) is 0.409. The van der Waals surface area contributed by atoms with Crippen molar-refractivity contribution in [3.05, 3.63) is 64.7 Å². The number of hydrogen-bond acceptors (Lipinski definition) is 3. The third kappa shape index (κ3) is 4.12. The predicted octanol–water partition coefficient (Wildman–Crippen LogP) is 4.13. The zero-order valence-electron chi connectivity index (χ0n) is 15.4. The van der Waals surface area contributed by atoms with Crippen molar-refractivity contribution in [2.24, 2.45) is 5.41 Å². The fourth-order valence-electron chi connectivity index (χ4n) is 4.09. The Morgan fingerprint density at radius 3 is 2.52 bits per heavy atom. The van der Waals surface area contributed by atoms with Crippen molar-refractivity contribution in [3.63, 3.8) is 0 Å². The number of carbonyl (C=O) groups excluding carboxylic acids is 1. The van der Waals surface area contributed by atoms with E-state index in [-0.39, 0.29) is 5.91 Å². The molecule has 4 rings (SSSR count). The van der Waals surface area contributed by atoms with Crippen LogP contribution in [0.4, 0.5) is 0 Å². The van der Waals surface area contributed by atoms with E-state index >= 15 is 0 Å². The quantitative estimate of drug-likeness (QED) is 0.861. The van der Waals surface area contributed by atoms with Crippen LogP contribution >= 0.6 is 11.6 Å². The average Bonchev–Trinajstić information content (AvgIpc) is 3.16. The van der Waals surface area contributed by atoms with E-state index in [1.165, 1.54) is 6.42 Å². The lowest BCUT2D eigenvalue weighted by atomic mass is 9.78. The summed E-state index contributed by atoms with van der Waals surface area (Å²) < 4.78 is 5.97. The topological polar surface area (TPSA) is 41.6 Å². The Hall–Kier alpha value is -2.04. The van der Waals surface area contributed by atoms with Crippen molar-refractivity contribution >= 4 is 17.5 Å². The number of carbonyl (C=O) groups is 1. The van der Waals surface area contributed by atoms with Crippen LogP contribution in [0.15, 0.2) is 48.5 Å². The highest BCUT2D eigenvalue weighted by atomic mass is 35.5. The highest BCUT2D eigenvalue weighted by Gasteiger charge is 2.38. The highest BCUT2D eigenvalue weighted by molar-refractivity contribution is 6.30. The van der Waals surface area contributed by atoms with Gasteiger partial charge in [-0.3, -0.25) is 4.79 Å². The standard InChI is InChI=1S/C22H25ClN2O2/c23-18-7-5-17(6-8-18)15-27-20-4-2-1-3-19(20)21(26)25-13-10-22(11-14-25)9-12-24-16-22/h1-8,24H,9-16H2. The van der Waals surface area contributed by atoms with Gasteiger partial charge in [-0.1, -0.05) is 35.9 Å². The molecule has 0 bridgehead atoms. The Labute approximate surface area is 165 Å². The lowest BCUT2D eigenvalue weighted by Gasteiger charge is -2.39. The van der Waals surface area contributed by atoms with Crippen LogP contribution in [0.1, 0.15) is 35.2 Å². The van der Waals surface area contributed by atoms with Crippen molar-refractivity contribution in [2.75, 3.05) is 26.2 Å². The van der Waals surface area contributed by atoms with Crippen LogP contribution in [0.5, 0.6) is 5.75 Å². The largest absolute Gasteiger partial charge is 0.488 e. The van der Waals surface area contributed by atoms with E-state index in [1.54, 1.807) is 0 Å². The summed E-state index contributed by atoms with van der Waals surface area (Å²) in [6.07, 6.45) is 3.40. The van der Waals surface area contributed by atoms with Crippen LogP contribution in [-0.2, 0) is 6.61 Å². The molecule has 2 fully saturated rings. The molecule has 2 saturated heterocycles. The summed E-state index contributed by atoms with van der Waals surface area (Å²) in [5.41, 5.74) is 2.07. The molecule has 142 valence electrons. The van der Waals surface area contributed by atoms with E-state index in [2.05, 4.69) is 5.32 Å². The maximum Gasteiger partial charge on any atom is 0.257 e. The molecule has 0 unspecified atom stereocenters. The van der Waals surface area contributed by atoms with Gasteiger partial charge in [0, 0.05) is 24.7 Å². The molecular weight excluding hydrogens is 360 g/mol. The summed E-state index contributed by atoms with van der Waals surface area (Å²) in [5.74, 6) is 0.711. The number of likely N-dealkylation sites (tertiary alicyclic amines) is 1. The third-order valence-corrected chi connectivity index (χ3v) is 6.12. The Morgan fingerprint density at radius 2 is 1.81 bits per heavy atom. The number of amides is 1. The van der Waals surface area contributed by atoms with E-state index in [0.717, 1.165) is 44.6 Å². The minimum atomic E-state index is 0.0718. The molecule has 2 aliphatic heterocycles. The Bertz CT molecular complexity index is 790. The van der Waals surface area contributed by atoms with Gasteiger partial charge in [0.15, 0.2) is 0 Å². The van der Waals surface area contributed by atoms with Gasteiger partial charge in [-0.2, -0.15) is 0 Å². The normalized spacial score (nSPS) is 18.6. The molecule has 2 heterocycles. The van der Waals surface area contributed by atoms with Gasteiger partial charge in [-0.25, -0.2) is 0 Å². The summed E-state index contributed by atoms with van der Waals surface area (Å²) in [5, 5.41) is 4.18. The monoisotopic (exact) mass is 384 g/mol. The zero-order chi connectivity index (χ0) is 18.7. The molecule has 0 radical (unpaired) electrons. The van der Waals surface area contributed by atoms with Crippen LogP contribution in [0.25, 0.3) is 0 Å². The van der Waals surface area contributed by atoms with E-state index in [1.807, 2.05) is 53.4 Å². The molecule has 1 spiro atoms. The van der Waals surface area contributed by atoms with Crippen LogP contribution in [-0.4, -0.2) is 37.0 Å². The minimum Gasteiger partial charge on any atom is -0.488 e. The molecule has 0 aliphatic carbocycles. The van der Waals surface area contributed by atoms with E-state index in [0.29, 0.717) is 28.4 Å². The van der Waals surface area contributed by atoms with Gasteiger partial charge in [0.05, 0.1) is 5.56 Å². The molecule has 5 heteroatoms. The summed E-state index contributed by atoms with van der Waals surface area (Å²) >= 11 is 5.93. The van der Waals surface area contributed by atoms with Crippen molar-refractivity contribution in [3.8, 4) is 5.75 Å². The average molecular weight is 385 g/mol. The number of piperidine rings is 1. The number of benzene rings is 2. The number of ether oxygens (including phenoxy) is 1. The molecule has 0 saturated carbocycles. The first-order chi connectivity index (χ1) is 13.2. The first-order valence-corrected chi connectivity index (χ1v) is 9.99. The molecule has 1 amide bonds. The van der Waals surface area contributed by atoms with Crippen LogP contribution in [0, 0.1) is 5.41 Å². The van der Waals surface area contributed by atoms with Gasteiger partial charge < -0.3 is 15.0 Å².